The third-order valence-corrected chi connectivity index (χ3v) is 3.80. The predicted octanol–water partition coefficient (Wildman–Crippen LogP) is 3.16. The summed E-state index contributed by atoms with van der Waals surface area (Å²) < 4.78 is 43.6. The number of hydrogen-bond acceptors (Lipinski definition) is 2. The van der Waals surface area contributed by atoms with Crippen LogP contribution in [0.5, 0.6) is 5.75 Å². The highest BCUT2D eigenvalue weighted by Gasteiger charge is 2.57. The molecule has 0 unspecified atom stereocenters. The fraction of sp³-hybridized carbons (Fsp3) is 0.538. The lowest BCUT2D eigenvalue weighted by molar-refractivity contribution is -0.138. The van der Waals surface area contributed by atoms with Gasteiger partial charge in [0.25, 0.3) is 0 Å². The Bertz CT molecular complexity index is 468. The average molecular weight is 259 g/mol. The fourth-order valence-electron chi connectivity index (χ4n) is 2.52. The Kier molecular flexibility index (Phi) is 2.85. The molecule has 0 amide bonds. The van der Waals surface area contributed by atoms with Crippen LogP contribution in [0.25, 0.3) is 0 Å². The highest BCUT2D eigenvalue weighted by atomic mass is 19.4. The largest absolute Gasteiger partial charge is 0.496 e. The van der Waals surface area contributed by atoms with Crippen LogP contribution in [0.1, 0.15) is 30.9 Å². The second kappa shape index (κ2) is 3.88. The molecular weight excluding hydrogens is 243 g/mol. The molecule has 1 aliphatic rings. The summed E-state index contributed by atoms with van der Waals surface area (Å²) in [5, 5.41) is 0. The summed E-state index contributed by atoms with van der Waals surface area (Å²) in [5.74, 6) is -0.189. The smallest absolute Gasteiger partial charge is 0.419 e. The lowest BCUT2D eigenvalue weighted by Gasteiger charge is -2.16. The maximum Gasteiger partial charge on any atom is 0.419 e. The van der Waals surface area contributed by atoms with E-state index in [-0.39, 0.29) is 23.1 Å². The maximum absolute atomic E-state index is 12.9. The number of rotatable bonds is 2. The fourth-order valence-corrected chi connectivity index (χ4v) is 2.52. The van der Waals surface area contributed by atoms with Gasteiger partial charge in [0.05, 0.1) is 12.7 Å². The summed E-state index contributed by atoms with van der Waals surface area (Å²) >= 11 is 0. The zero-order chi connectivity index (χ0) is 13.7. The van der Waals surface area contributed by atoms with E-state index in [1.54, 1.807) is 6.07 Å². The van der Waals surface area contributed by atoms with E-state index in [1.807, 2.05) is 13.8 Å². The van der Waals surface area contributed by atoms with Crippen LogP contribution >= 0.6 is 0 Å². The van der Waals surface area contributed by atoms with E-state index in [4.69, 9.17) is 10.5 Å². The van der Waals surface area contributed by atoms with E-state index in [0.29, 0.717) is 5.56 Å². The molecule has 0 radical (unpaired) electrons. The number of hydrogen-bond donors (Lipinski definition) is 1. The van der Waals surface area contributed by atoms with E-state index in [9.17, 15) is 13.2 Å². The number of para-hydroxylation sites is 1. The number of alkyl halides is 3. The molecule has 0 aromatic heterocycles. The Morgan fingerprint density at radius 1 is 1.28 bits per heavy atom. The van der Waals surface area contributed by atoms with Gasteiger partial charge >= 0.3 is 6.18 Å². The lowest BCUT2D eigenvalue weighted by Crippen LogP contribution is -2.10. The molecule has 0 aliphatic heterocycles. The molecule has 2 rings (SSSR count). The van der Waals surface area contributed by atoms with E-state index in [0.717, 1.165) is 6.07 Å². The predicted molar refractivity (Wildman–Crippen MR) is 62.5 cm³/mol. The highest BCUT2D eigenvalue weighted by Crippen LogP contribution is 2.60. The quantitative estimate of drug-likeness (QED) is 0.885. The first-order valence-corrected chi connectivity index (χ1v) is 5.71. The minimum Gasteiger partial charge on any atom is -0.496 e. The number of halogens is 3. The van der Waals surface area contributed by atoms with Crippen LogP contribution in [0, 0.1) is 5.41 Å². The molecule has 5 heteroatoms. The van der Waals surface area contributed by atoms with Gasteiger partial charge in [-0.05, 0) is 17.0 Å². The number of ether oxygens (including phenoxy) is 1. The first-order valence-electron chi connectivity index (χ1n) is 5.71. The molecule has 1 aromatic carbocycles. The Morgan fingerprint density at radius 2 is 1.83 bits per heavy atom. The van der Waals surface area contributed by atoms with Crippen molar-refractivity contribution in [3.8, 4) is 5.75 Å². The second-order valence-corrected chi connectivity index (χ2v) is 5.25. The molecule has 1 aromatic rings. The van der Waals surface area contributed by atoms with E-state index >= 15 is 0 Å². The van der Waals surface area contributed by atoms with Gasteiger partial charge in [0.1, 0.15) is 5.75 Å². The second-order valence-electron chi connectivity index (χ2n) is 5.25. The summed E-state index contributed by atoms with van der Waals surface area (Å²) in [6, 6.07) is 3.97. The van der Waals surface area contributed by atoms with Gasteiger partial charge in [-0.3, -0.25) is 0 Å². The Morgan fingerprint density at radius 3 is 2.22 bits per heavy atom. The van der Waals surface area contributed by atoms with Crippen molar-refractivity contribution < 1.29 is 17.9 Å². The van der Waals surface area contributed by atoms with Crippen molar-refractivity contribution in [1.29, 1.82) is 0 Å². The van der Waals surface area contributed by atoms with Crippen LogP contribution in [0.2, 0.25) is 0 Å². The molecule has 0 bridgehead atoms. The highest BCUT2D eigenvalue weighted by molar-refractivity contribution is 5.50. The standard InChI is InChI=1S/C13H16F3NO/c1-12(2)9(11(12)17)7-5-4-6-8(10(7)18-3)13(14,15)16/h4-6,9,11H,17H2,1-3H3/t9-,11-/m1/s1. The van der Waals surface area contributed by atoms with Crippen LogP contribution in [-0.2, 0) is 6.18 Å². The van der Waals surface area contributed by atoms with Crippen LogP contribution in [-0.4, -0.2) is 13.2 Å². The van der Waals surface area contributed by atoms with Crippen LogP contribution in [0.3, 0.4) is 0 Å². The third kappa shape index (κ3) is 1.86. The van der Waals surface area contributed by atoms with Crippen LogP contribution < -0.4 is 10.5 Å². The summed E-state index contributed by atoms with van der Waals surface area (Å²) in [4.78, 5) is 0. The topological polar surface area (TPSA) is 35.2 Å². The van der Waals surface area contributed by atoms with Crippen molar-refractivity contribution >= 4 is 0 Å². The molecular formula is C13H16F3NO. The lowest BCUT2D eigenvalue weighted by atomic mass is 9.99. The van der Waals surface area contributed by atoms with Crippen LogP contribution in [0.15, 0.2) is 18.2 Å². The molecule has 1 aliphatic carbocycles. The van der Waals surface area contributed by atoms with Crippen molar-refractivity contribution in [1.82, 2.24) is 0 Å². The number of nitrogens with two attached hydrogens (primary N) is 1. The van der Waals surface area contributed by atoms with Crippen molar-refractivity contribution in [2.45, 2.75) is 32.0 Å². The Balaban J connectivity index is 2.51. The molecule has 2 atom stereocenters. The molecule has 2 N–H and O–H groups in total. The molecule has 0 saturated heterocycles. The zero-order valence-electron chi connectivity index (χ0n) is 10.5. The minimum atomic E-state index is -4.41. The molecule has 100 valence electrons. The molecule has 2 nitrogen and oxygen atoms in total. The zero-order valence-corrected chi connectivity index (χ0v) is 10.5. The van der Waals surface area contributed by atoms with Crippen molar-refractivity contribution in [2.24, 2.45) is 11.1 Å². The third-order valence-electron chi connectivity index (χ3n) is 3.80. The van der Waals surface area contributed by atoms with E-state index < -0.39 is 11.7 Å². The monoisotopic (exact) mass is 259 g/mol. The van der Waals surface area contributed by atoms with E-state index in [1.165, 1.54) is 13.2 Å². The Labute approximate surface area is 104 Å². The molecule has 0 heterocycles. The molecule has 1 fully saturated rings. The molecule has 18 heavy (non-hydrogen) atoms. The van der Waals surface area contributed by atoms with E-state index in [2.05, 4.69) is 0 Å². The van der Waals surface area contributed by atoms with Gasteiger partial charge in [-0.15, -0.1) is 0 Å². The SMILES string of the molecule is COc1c([C@@H]2[C@@H](N)C2(C)C)cccc1C(F)(F)F. The van der Waals surface area contributed by atoms with Crippen molar-refractivity contribution in [3.63, 3.8) is 0 Å². The van der Waals surface area contributed by atoms with Crippen LogP contribution in [0.4, 0.5) is 13.2 Å². The average Bonchev–Trinajstić information content (AvgIpc) is 2.75. The van der Waals surface area contributed by atoms with Gasteiger partial charge in [-0.1, -0.05) is 26.0 Å². The van der Waals surface area contributed by atoms with Gasteiger partial charge in [-0.2, -0.15) is 13.2 Å². The summed E-state index contributed by atoms with van der Waals surface area (Å²) in [6.45, 7) is 3.89. The number of methoxy groups -OCH3 is 1. The number of benzene rings is 1. The first kappa shape index (κ1) is 13.2. The normalized spacial score (nSPS) is 25.9. The van der Waals surface area contributed by atoms with Gasteiger partial charge in [0.2, 0.25) is 0 Å². The maximum atomic E-state index is 12.9. The van der Waals surface area contributed by atoms with Gasteiger partial charge in [-0.25, -0.2) is 0 Å². The minimum absolute atomic E-state index is 0.0882. The van der Waals surface area contributed by atoms with Gasteiger partial charge < -0.3 is 10.5 Å². The van der Waals surface area contributed by atoms with Crippen molar-refractivity contribution in [2.75, 3.05) is 7.11 Å². The molecule has 0 spiro atoms. The summed E-state index contributed by atoms with van der Waals surface area (Å²) in [5.41, 5.74) is 5.55. The van der Waals surface area contributed by atoms with Gasteiger partial charge in [0.15, 0.2) is 0 Å². The Hall–Kier alpha value is -1.23. The van der Waals surface area contributed by atoms with Gasteiger partial charge in [0, 0.05) is 12.0 Å². The first-order chi connectivity index (χ1) is 8.21. The van der Waals surface area contributed by atoms with Crippen molar-refractivity contribution in [3.05, 3.63) is 29.3 Å². The molecule has 1 saturated carbocycles. The summed E-state index contributed by atoms with van der Waals surface area (Å²) in [6.07, 6.45) is -4.41. The summed E-state index contributed by atoms with van der Waals surface area (Å²) in [7, 11) is 1.26.